The Morgan fingerprint density at radius 2 is 2.00 bits per heavy atom. The number of nitrogens with one attached hydrogen (secondary N) is 1. The Morgan fingerprint density at radius 3 is 2.56 bits per heavy atom. The molecule has 1 atom stereocenters. The summed E-state index contributed by atoms with van der Waals surface area (Å²) in [6.45, 7) is 12.1. The summed E-state index contributed by atoms with van der Waals surface area (Å²) in [5, 5.41) is 3.28. The van der Waals surface area contributed by atoms with Crippen LogP contribution in [0.3, 0.4) is 0 Å². The molecule has 1 rings (SSSR count). The Kier molecular flexibility index (Phi) is 4.17. The van der Waals surface area contributed by atoms with E-state index in [9.17, 15) is 4.39 Å². The van der Waals surface area contributed by atoms with Gasteiger partial charge < -0.3 is 5.32 Å². The third kappa shape index (κ3) is 3.66. The highest BCUT2D eigenvalue weighted by Crippen LogP contribution is 2.32. The minimum absolute atomic E-state index is 0.0410. The normalized spacial score (nSPS) is 22.9. The lowest BCUT2D eigenvalue weighted by molar-refractivity contribution is 0.453. The molecule has 0 bridgehead atoms. The van der Waals surface area contributed by atoms with Gasteiger partial charge >= 0.3 is 0 Å². The lowest BCUT2D eigenvalue weighted by Gasteiger charge is -2.25. The average Bonchev–Trinajstić information content (AvgIpc) is 2.27. The first-order valence-corrected chi connectivity index (χ1v) is 6.17. The molecule has 16 heavy (non-hydrogen) atoms. The number of hydrogen-bond acceptors (Lipinski definition) is 1. The van der Waals surface area contributed by atoms with Crippen LogP contribution in [0.1, 0.15) is 53.4 Å². The molecule has 2 heteroatoms. The fourth-order valence-corrected chi connectivity index (χ4v) is 2.12. The third-order valence-electron chi connectivity index (χ3n) is 2.93. The number of allylic oxidation sites excluding steroid dienone is 2. The van der Waals surface area contributed by atoms with Crippen LogP contribution in [0, 0.1) is 5.92 Å². The number of rotatable bonds is 2. The first-order valence-electron chi connectivity index (χ1n) is 6.17. The summed E-state index contributed by atoms with van der Waals surface area (Å²) in [5.41, 5.74) is 1.51. The van der Waals surface area contributed by atoms with E-state index in [0.29, 0.717) is 0 Å². The van der Waals surface area contributed by atoms with Crippen molar-refractivity contribution in [1.82, 2.24) is 5.32 Å². The molecule has 1 nitrogen and oxygen atoms in total. The molecule has 0 aromatic carbocycles. The van der Waals surface area contributed by atoms with Crippen LogP contribution < -0.4 is 5.32 Å². The molecule has 0 radical (unpaired) electrons. The molecule has 1 aliphatic rings. The molecule has 0 saturated carbocycles. The predicted molar refractivity (Wildman–Crippen MR) is 67.8 cm³/mol. The van der Waals surface area contributed by atoms with Crippen LogP contribution in [0.15, 0.2) is 23.7 Å². The summed E-state index contributed by atoms with van der Waals surface area (Å²) < 4.78 is 14.1. The van der Waals surface area contributed by atoms with Gasteiger partial charge in [0.1, 0.15) is 5.83 Å². The first kappa shape index (κ1) is 13.3. The Balaban J connectivity index is 2.83. The first-order chi connectivity index (χ1) is 7.31. The molecule has 1 aliphatic carbocycles. The van der Waals surface area contributed by atoms with E-state index in [0.717, 1.165) is 37.0 Å². The van der Waals surface area contributed by atoms with Crippen LogP contribution in [-0.4, -0.2) is 5.54 Å². The van der Waals surface area contributed by atoms with Gasteiger partial charge in [0.15, 0.2) is 0 Å². The van der Waals surface area contributed by atoms with Gasteiger partial charge in [-0.3, -0.25) is 0 Å². The van der Waals surface area contributed by atoms with Gasteiger partial charge in [-0.15, -0.1) is 0 Å². The van der Waals surface area contributed by atoms with Crippen LogP contribution in [0.2, 0.25) is 0 Å². The van der Waals surface area contributed by atoms with Gasteiger partial charge in [-0.1, -0.05) is 19.9 Å². The highest BCUT2D eigenvalue weighted by molar-refractivity contribution is 5.31. The molecule has 0 spiro atoms. The van der Waals surface area contributed by atoms with Crippen molar-refractivity contribution < 1.29 is 4.39 Å². The number of hydrogen-bond donors (Lipinski definition) is 1. The molecular formula is C14H24FN. The van der Waals surface area contributed by atoms with Crippen LogP contribution in [0.5, 0.6) is 0 Å². The fraction of sp³-hybridized carbons (Fsp3) is 0.714. The molecule has 1 N–H and O–H groups in total. The second kappa shape index (κ2) is 5.03. The summed E-state index contributed by atoms with van der Waals surface area (Å²) in [4.78, 5) is 0. The molecule has 0 amide bonds. The standard InChI is InChI=1S/C14H24FN/c1-10-8-6-7-9-12(13(10)15)11(2)16-14(3,4)5/h10,16H,2,6-9H2,1,3-5H3. The molecule has 0 fully saturated rings. The van der Waals surface area contributed by atoms with E-state index in [-0.39, 0.29) is 17.3 Å². The Morgan fingerprint density at radius 1 is 1.38 bits per heavy atom. The summed E-state index contributed by atoms with van der Waals surface area (Å²) in [6, 6.07) is 0. The van der Waals surface area contributed by atoms with Gasteiger partial charge in [-0.05, 0) is 40.0 Å². The Hall–Kier alpha value is -0.790. The number of halogens is 1. The zero-order chi connectivity index (χ0) is 12.3. The molecule has 92 valence electrons. The molecular weight excluding hydrogens is 201 g/mol. The highest BCUT2D eigenvalue weighted by Gasteiger charge is 2.21. The van der Waals surface area contributed by atoms with Crippen LogP contribution in [0.4, 0.5) is 4.39 Å². The molecule has 0 aromatic heterocycles. The van der Waals surface area contributed by atoms with Crippen molar-refractivity contribution in [1.29, 1.82) is 0 Å². The quantitative estimate of drug-likeness (QED) is 0.738. The van der Waals surface area contributed by atoms with E-state index in [4.69, 9.17) is 0 Å². The van der Waals surface area contributed by atoms with Crippen molar-refractivity contribution in [3.05, 3.63) is 23.7 Å². The largest absolute Gasteiger partial charge is 0.381 e. The van der Waals surface area contributed by atoms with Gasteiger partial charge in [-0.2, -0.15) is 0 Å². The van der Waals surface area contributed by atoms with Gasteiger partial charge in [-0.25, -0.2) is 4.39 Å². The van der Waals surface area contributed by atoms with Crippen molar-refractivity contribution in [2.24, 2.45) is 5.92 Å². The van der Waals surface area contributed by atoms with E-state index in [1.807, 2.05) is 6.92 Å². The Bertz CT molecular complexity index is 296. The topological polar surface area (TPSA) is 12.0 Å². The predicted octanol–water partition coefficient (Wildman–Crippen LogP) is 4.32. The monoisotopic (exact) mass is 225 g/mol. The van der Waals surface area contributed by atoms with Gasteiger partial charge in [0, 0.05) is 22.7 Å². The molecule has 0 aliphatic heterocycles. The van der Waals surface area contributed by atoms with Crippen LogP contribution in [-0.2, 0) is 0 Å². The SMILES string of the molecule is C=C(NC(C)(C)C)C1=C(F)C(C)CCCC1. The van der Waals surface area contributed by atoms with E-state index >= 15 is 0 Å². The second-order valence-electron chi connectivity index (χ2n) is 5.83. The van der Waals surface area contributed by atoms with E-state index in [1.54, 1.807) is 0 Å². The van der Waals surface area contributed by atoms with Crippen molar-refractivity contribution in [2.45, 2.75) is 58.9 Å². The van der Waals surface area contributed by atoms with Gasteiger partial charge in [0.2, 0.25) is 0 Å². The summed E-state index contributed by atoms with van der Waals surface area (Å²) in [5.74, 6) is 0.0928. The van der Waals surface area contributed by atoms with Crippen LogP contribution in [0.25, 0.3) is 0 Å². The van der Waals surface area contributed by atoms with E-state index < -0.39 is 0 Å². The van der Waals surface area contributed by atoms with Crippen molar-refractivity contribution in [3.8, 4) is 0 Å². The fourth-order valence-electron chi connectivity index (χ4n) is 2.12. The van der Waals surface area contributed by atoms with Crippen molar-refractivity contribution in [3.63, 3.8) is 0 Å². The summed E-state index contributed by atoms with van der Waals surface area (Å²) in [7, 11) is 0. The third-order valence-corrected chi connectivity index (χ3v) is 2.93. The van der Waals surface area contributed by atoms with Crippen molar-refractivity contribution >= 4 is 0 Å². The molecule has 0 saturated heterocycles. The minimum atomic E-state index is -0.0556. The summed E-state index contributed by atoms with van der Waals surface area (Å²) >= 11 is 0. The molecule has 0 aromatic rings. The minimum Gasteiger partial charge on any atom is -0.381 e. The lowest BCUT2D eigenvalue weighted by atomic mass is 10.0. The maximum atomic E-state index is 14.1. The zero-order valence-corrected chi connectivity index (χ0v) is 11.0. The highest BCUT2D eigenvalue weighted by atomic mass is 19.1. The summed E-state index contributed by atoms with van der Waals surface area (Å²) in [6.07, 6.45) is 3.95. The maximum absolute atomic E-state index is 14.1. The molecule has 1 unspecified atom stereocenters. The second-order valence-corrected chi connectivity index (χ2v) is 5.83. The molecule has 0 heterocycles. The average molecular weight is 225 g/mol. The van der Waals surface area contributed by atoms with Crippen molar-refractivity contribution in [2.75, 3.05) is 0 Å². The van der Waals surface area contributed by atoms with Gasteiger partial charge in [0.05, 0.1) is 0 Å². The van der Waals surface area contributed by atoms with E-state index in [1.165, 1.54) is 0 Å². The van der Waals surface area contributed by atoms with Crippen LogP contribution >= 0.6 is 0 Å². The smallest absolute Gasteiger partial charge is 0.108 e. The maximum Gasteiger partial charge on any atom is 0.108 e. The Labute approximate surface area is 98.8 Å². The van der Waals surface area contributed by atoms with E-state index in [2.05, 4.69) is 32.7 Å². The van der Waals surface area contributed by atoms with Gasteiger partial charge in [0.25, 0.3) is 0 Å². The zero-order valence-electron chi connectivity index (χ0n) is 11.0. The lowest BCUT2D eigenvalue weighted by Crippen LogP contribution is -2.35.